The molecule has 1 unspecified atom stereocenters. The monoisotopic (exact) mass is 436 g/mol. The molecule has 0 saturated carbocycles. The molecule has 2 aromatic carbocycles. The van der Waals surface area contributed by atoms with Gasteiger partial charge in [0.15, 0.2) is 0 Å². The number of hydrogen-bond acceptors (Lipinski definition) is 4. The maximum atomic E-state index is 12.2. The molecule has 6 heteroatoms. The average molecular weight is 437 g/mol. The summed E-state index contributed by atoms with van der Waals surface area (Å²) in [5.74, 6) is 0.633. The van der Waals surface area contributed by atoms with Gasteiger partial charge in [0.1, 0.15) is 11.9 Å². The third-order valence-electron chi connectivity index (χ3n) is 3.70. The topological polar surface area (TPSA) is 52.6 Å². The minimum absolute atomic E-state index is 0.0131. The van der Waals surface area contributed by atoms with Gasteiger partial charge in [-0.15, -0.1) is 0 Å². The van der Waals surface area contributed by atoms with Crippen LogP contribution in [0.4, 0.5) is 0 Å². The number of hydrogen-bond donors (Lipinski definition) is 0. The van der Waals surface area contributed by atoms with Crippen LogP contribution in [-0.4, -0.2) is 21.1 Å². The molecule has 0 amide bonds. The van der Waals surface area contributed by atoms with Crippen molar-refractivity contribution in [3.63, 3.8) is 0 Å². The summed E-state index contributed by atoms with van der Waals surface area (Å²) in [7, 11) is -3.79. The van der Waals surface area contributed by atoms with Gasteiger partial charge in [0, 0.05) is 12.0 Å². The van der Waals surface area contributed by atoms with Crippen LogP contribution < -0.4 is 4.74 Å². The Morgan fingerprint density at radius 1 is 1.15 bits per heavy atom. The molecule has 4 nitrogen and oxygen atoms in total. The molecule has 0 radical (unpaired) electrons. The van der Waals surface area contributed by atoms with Crippen LogP contribution in [-0.2, 0) is 14.3 Å². The second-order valence-corrected chi connectivity index (χ2v) is 8.10. The van der Waals surface area contributed by atoms with Gasteiger partial charge in [-0.05, 0) is 41.1 Å². The second kappa shape index (κ2) is 9.16. The van der Waals surface area contributed by atoms with E-state index in [1.165, 1.54) is 12.1 Å². The highest BCUT2D eigenvalue weighted by Crippen LogP contribution is 2.31. The molecule has 0 heterocycles. The Hall–Kier alpha value is -1.89. The molecular formula is C20H21BrO4S. The highest BCUT2D eigenvalue weighted by atomic mass is 79.9. The summed E-state index contributed by atoms with van der Waals surface area (Å²) in [5, 5.41) is 0. The number of halogens is 1. The predicted octanol–water partition coefficient (Wildman–Crippen LogP) is 5.13. The Labute approximate surface area is 163 Å². The van der Waals surface area contributed by atoms with Gasteiger partial charge in [0.2, 0.25) is 0 Å². The van der Waals surface area contributed by atoms with Crippen molar-refractivity contribution in [1.29, 1.82) is 0 Å². The number of para-hydroxylation sites is 1. The first-order valence-electron chi connectivity index (χ1n) is 8.03. The standard InChI is InChI=1S/C20H21BrO4S/c1-4-16-7-6-8-19(21)20(16)25-17(5-2)13-14-24-26(22,23)18-11-9-15(3)10-12-18/h4-12,17H,1-2,13-14H2,3H3. The molecule has 138 valence electrons. The maximum absolute atomic E-state index is 12.2. The molecule has 0 aliphatic heterocycles. The lowest BCUT2D eigenvalue weighted by Gasteiger charge is -2.18. The molecule has 0 spiro atoms. The molecule has 0 saturated heterocycles. The van der Waals surface area contributed by atoms with Crippen LogP contribution in [0, 0.1) is 6.92 Å². The fourth-order valence-corrected chi connectivity index (χ4v) is 3.63. The lowest BCUT2D eigenvalue weighted by Crippen LogP contribution is -2.18. The van der Waals surface area contributed by atoms with Crippen molar-refractivity contribution in [2.45, 2.75) is 24.3 Å². The summed E-state index contributed by atoms with van der Waals surface area (Å²) in [6.45, 7) is 9.40. The van der Waals surface area contributed by atoms with Crippen molar-refractivity contribution < 1.29 is 17.3 Å². The van der Waals surface area contributed by atoms with Crippen molar-refractivity contribution in [3.05, 3.63) is 77.3 Å². The van der Waals surface area contributed by atoms with Gasteiger partial charge in [-0.1, -0.05) is 55.1 Å². The van der Waals surface area contributed by atoms with E-state index in [1.807, 2.05) is 25.1 Å². The molecular weight excluding hydrogens is 416 g/mol. The Bertz CT molecular complexity index is 873. The quantitative estimate of drug-likeness (QED) is 0.403. The van der Waals surface area contributed by atoms with Gasteiger partial charge in [-0.2, -0.15) is 8.42 Å². The van der Waals surface area contributed by atoms with Crippen molar-refractivity contribution in [2.75, 3.05) is 6.61 Å². The van der Waals surface area contributed by atoms with Crippen molar-refractivity contribution in [2.24, 2.45) is 0 Å². The van der Waals surface area contributed by atoms with E-state index in [0.29, 0.717) is 12.2 Å². The van der Waals surface area contributed by atoms with Crippen molar-refractivity contribution >= 4 is 32.1 Å². The minimum Gasteiger partial charge on any atom is -0.484 e. The molecule has 0 N–H and O–H groups in total. The van der Waals surface area contributed by atoms with Gasteiger partial charge in [-0.25, -0.2) is 0 Å². The summed E-state index contributed by atoms with van der Waals surface area (Å²) in [6, 6.07) is 12.2. The third kappa shape index (κ3) is 5.30. The minimum atomic E-state index is -3.79. The van der Waals surface area contributed by atoms with E-state index in [2.05, 4.69) is 29.1 Å². The molecule has 0 fully saturated rings. The molecule has 0 aliphatic carbocycles. The molecule has 2 aromatic rings. The van der Waals surface area contributed by atoms with Gasteiger partial charge in [-0.3, -0.25) is 4.18 Å². The van der Waals surface area contributed by atoms with Crippen LogP contribution in [0.25, 0.3) is 6.08 Å². The molecule has 0 aromatic heterocycles. The summed E-state index contributed by atoms with van der Waals surface area (Å²) in [6.07, 6.45) is 3.25. The summed E-state index contributed by atoms with van der Waals surface area (Å²) in [4.78, 5) is 0.138. The smallest absolute Gasteiger partial charge is 0.296 e. The zero-order valence-electron chi connectivity index (χ0n) is 14.5. The normalized spacial score (nSPS) is 12.4. The third-order valence-corrected chi connectivity index (χ3v) is 5.65. The zero-order valence-corrected chi connectivity index (χ0v) is 16.9. The number of rotatable bonds is 9. The average Bonchev–Trinajstić information content (AvgIpc) is 2.62. The zero-order chi connectivity index (χ0) is 19.2. The van der Waals surface area contributed by atoms with E-state index in [-0.39, 0.29) is 11.5 Å². The van der Waals surface area contributed by atoms with Crippen LogP contribution in [0.3, 0.4) is 0 Å². The highest BCUT2D eigenvalue weighted by molar-refractivity contribution is 9.10. The molecule has 2 rings (SSSR count). The largest absolute Gasteiger partial charge is 0.484 e. The van der Waals surface area contributed by atoms with Gasteiger partial charge < -0.3 is 4.74 Å². The Balaban J connectivity index is 2.00. The maximum Gasteiger partial charge on any atom is 0.296 e. The number of aryl methyl sites for hydroxylation is 1. The van der Waals surface area contributed by atoms with Crippen LogP contribution in [0.1, 0.15) is 17.5 Å². The van der Waals surface area contributed by atoms with Crippen LogP contribution in [0.15, 0.2) is 71.1 Å². The summed E-state index contributed by atoms with van der Waals surface area (Å²) in [5.41, 5.74) is 1.81. The number of ether oxygens (including phenoxy) is 1. The van der Waals surface area contributed by atoms with Crippen molar-refractivity contribution in [1.82, 2.24) is 0 Å². The van der Waals surface area contributed by atoms with E-state index >= 15 is 0 Å². The van der Waals surface area contributed by atoms with Crippen LogP contribution >= 0.6 is 15.9 Å². The fourth-order valence-electron chi connectivity index (χ4n) is 2.23. The molecule has 26 heavy (non-hydrogen) atoms. The first-order valence-corrected chi connectivity index (χ1v) is 10.2. The van der Waals surface area contributed by atoms with E-state index in [4.69, 9.17) is 8.92 Å². The Morgan fingerprint density at radius 2 is 1.85 bits per heavy atom. The van der Waals surface area contributed by atoms with Crippen LogP contribution in [0.5, 0.6) is 5.75 Å². The van der Waals surface area contributed by atoms with E-state index < -0.39 is 16.2 Å². The molecule has 1 atom stereocenters. The molecule has 0 aliphatic rings. The van der Waals surface area contributed by atoms with Gasteiger partial charge in [0.05, 0.1) is 16.0 Å². The Morgan fingerprint density at radius 3 is 2.46 bits per heavy atom. The number of benzene rings is 2. The van der Waals surface area contributed by atoms with Crippen LogP contribution in [0.2, 0.25) is 0 Å². The lowest BCUT2D eigenvalue weighted by atomic mass is 10.2. The predicted molar refractivity (Wildman–Crippen MR) is 108 cm³/mol. The lowest BCUT2D eigenvalue weighted by molar-refractivity contribution is 0.199. The van der Waals surface area contributed by atoms with Gasteiger partial charge >= 0.3 is 0 Å². The molecule has 0 bridgehead atoms. The van der Waals surface area contributed by atoms with E-state index in [0.717, 1.165) is 15.6 Å². The summed E-state index contributed by atoms with van der Waals surface area (Å²) >= 11 is 3.45. The Kier molecular flexibility index (Phi) is 7.20. The first kappa shape index (κ1) is 20.4. The first-order chi connectivity index (χ1) is 12.4. The summed E-state index contributed by atoms with van der Waals surface area (Å²) < 4.78 is 36.3. The highest BCUT2D eigenvalue weighted by Gasteiger charge is 2.17. The van der Waals surface area contributed by atoms with E-state index in [1.54, 1.807) is 24.3 Å². The van der Waals surface area contributed by atoms with Crippen molar-refractivity contribution in [3.8, 4) is 5.75 Å². The fraction of sp³-hybridized carbons (Fsp3) is 0.200. The SMILES string of the molecule is C=Cc1cccc(Br)c1OC(C=C)CCOS(=O)(=O)c1ccc(C)cc1. The second-order valence-electron chi connectivity index (χ2n) is 5.63. The van der Waals surface area contributed by atoms with E-state index in [9.17, 15) is 8.42 Å². The van der Waals surface area contributed by atoms with Gasteiger partial charge in [0.25, 0.3) is 10.1 Å².